The molecule has 0 saturated heterocycles. The predicted octanol–water partition coefficient (Wildman–Crippen LogP) is 3.51. The van der Waals surface area contributed by atoms with E-state index in [4.69, 9.17) is 0 Å². The number of anilines is 1. The Morgan fingerprint density at radius 3 is 2.67 bits per heavy atom. The molecule has 1 N–H and O–H groups in total. The molecule has 2 rings (SSSR count). The largest absolute Gasteiger partial charge is 0.389 e. The molecule has 1 saturated carbocycles. The second kappa shape index (κ2) is 5.70. The van der Waals surface area contributed by atoms with E-state index in [0.29, 0.717) is 5.56 Å². The fraction of sp³-hybridized carbons (Fsp3) is 0.600. The third-order valence-electron chi connectivity index (χ3n) is 3.86. The lowest BCUT2D eigenvalue weighted by Crippen LogP contribution is -2.25. The molecule has 0 amide bonds. The average Bonchev–Trinajstić information content (AvgIpc) is 2.81. The minimum Gasteiger partial charge on any atom is -0.389 e. The first-order valence-corrected chi connectivity index (χ1v) is 6.76. The molecule has 0 heterocycles. The Labute approximate surface area is 108 Å². The van der Waals surface area contributed by atoms with E-state index >= 15 is 0 Å². The monoisotopic (exact) mass is 251 g/mol. The van der Waals surface area contributed by atoms with Crippen molar-refractivity contribution in [1.29, 1.82) is 0 Å². The molecule has 100 valence electrons. The van der Waals surface area contributed by atoms with E-state index in [2.05, 4.69) is 4.90 Å². The van der Waals surface area contributed by atoms with Crippen LogP contribution in [-0.2, 0) is 0 Å². The highest BCUT2D eigenvalue weighted by atomic mass is 19.1. The minimum absolute atomic E-state index is 0.288. The number of aliphatic hydroxyl groups excluding tert-OH is 1. The summed E-state index contributed by atoms with van der Waals surface area (Å²) in [6.45, 7) is 2.67. The molecule has 1 aliphatic carbocycles. The molecule has 18 heavy (non-hydrogen) atoms. The van der Waals surface area contributed by atoms with Gasteiger partial charge in [-0.05, 0) is 43.9 Å². The van der Waals surface area contributed by atoms with Gasteiger partial charge in [-0.2, -0.15) is 0 Å². The number of rotatable bonds is 4. The zero-order chi connectivity index (χ0) is 13.1. The molecule has 0 aromatic heterocycles. The quantitative estimate of drug-likeness (QED) is 0.885. The molecule has 1 fully saturated rings. The van der Waals surface area contributed by atoms with Gasteiger partial charge in [0, 0.05) is 24.8 Å². The number of hydrogen-bond acceptors (Lipinski definition) is 2. The zero-order valence-corrected chi connectivity index (χ0v) is 11.2. The van der Waals surface area contributed by atoms with E-state index in [1.807, 2.05) is 7.05 Å². The van der Waals surface area contributed by atoms with Crippen molar-refractivity contribution >= 4 is 5.69 Å². The highest BCUT2D eigenvalue weighted by molar-refractivity contribution is 5.54. The third kappa shape index (κ3) is 3.02. The number of hydrogen-bond donors (Lipinski definition) is 1. The summed E-state index contributed by atoms with van der Waals surface area (Å²) in [5.41, 5.74) is 1.62. The molecule has 1 atom stereocenters. The molecule has 2 nitrogen and oxygen atoms in total. The Morgan fingerprint density at radius 1 is 1.39 bits per heavy atom. The van der Waals surface area contributed by atoms with E-state index in [1.54, 1.807) is 13.0 Å². The Balaban J connectivity index is 2.15. The zero-order valence-electron chi connectivity index (χ0n) is 11.2. The lowest BCUT2D eigenvalue weighted by molar-refractivity contribution is 0.199. The van der Waals surface area contributed by atoms with Crippen LogP contribution in [0.3, 0.4) is 0 Å². The molecule has 0 radical (unpaired) electrons. The number of nitrogens with zero attached hydrogens (tertiary/aromatic N) is 1. The Bertz CT molecular complexity index is 399. The van der Waals surface area contributed by atoms with Crippen LogP contribution in [-0.4, -0.2) is 18.7 Å². The lowest BCUT2D eigenvalue weighted by Gasteiger charge is -2.26. The number of benzene rings is 1. The number of aliphatic hydroxyl groups is 1. The first kappa shape index (κ1) is 13.3. The van der Waals surface area contributed by atoms with Gasteiger partial charge in [-0.1, -0.05) is 12.8 Å². The predicted molar refractivity (Wildman–Crippen MR) is 72.3 cm³/mol. The van der Waals surface area contributed by atoms with E-state index < -0.39 is 6.10 Å². The Kier molecular flexibility index (Phi) is 4.23. The van der Waals surface area contributed by atoms with Crippen LogP contribution in [0.5, 0.6) is 0 Å². The van der Waals surface area contributed by atoms with Crippen LogP contribution in [0.25, 0.3) is 0 Å². The summed E-state index contributed by atoms with van der Waals surface area (Å²) in [7, 11) is 2.03. The van der Waals surface area contributed by atoms with Gasteiger partial charge < -0.3 is 10.0 Å². The molecule has 1 aliphatic rings. The molecular weight excluding hydrogens is 229 g/mol. The van der Waals surface area contributed by atoms with Crippen LogP contribution in [0.1, 0.15) is 44.3 Å². The summed E-state index contributed by atoms with van der Waals surface area (Å²) < 4.78 is 13.2. The maximum absolute atomic E-state index is 13.2. The summed E-state index contributed by atoms with van der Waals surface area (Å²) >= 11 is 0. The van der Waals surface area contributed by atoms with Crippen LogP contribution in [0, 0.1) is 11.7 Å². The third-order valence-corrected chi connectivity index (χ3v) is 3.86. The van der Waals surface area contributed by atoms with Gasteiger partial charge in [-0.3, -0.25) is 0 Å². The summed E-state index contributed by atoms with van der Waals surface area (Å²) in [6.07, 6.45) is 4.59. The fourth-order valence-corrected chi connectivity index (χ4v) is 2.89. The van der Waals surface area contributed by atoms with Gasteiger partial charge in [0.2, 0.25) is 0 Å². The van der Waals surface area contributed by atoms with Crippen molar-refractivity contribution in [3.8, 4) is 0 Å². The summed E-state index contributed by atoms with van der Waals surface area (Å²) in [4.78, 5) is 2.15. The van der Waals surface area contributed by atoms with Crippen molar-refractivity contribution < 1.29 is 9.50 Å². The number of halogens is 1. The highest BCUT2D eigenvalue weighted by Crippen LogP contribution is 2.30. The SMILES string of the molecule is C[C@@H](O)c1cc(F)ccc1N(C)CC1CCCC1. The van der Waals surface area contributed by atoms with Crippen LogP contribution in [0.15, 0.2) is 18.2 Å². The van der Waals surface area contributed by atoms with Gasteiger partial charge in [0.05, 0.1) is 6.10 Å². The maximum Gasteiger partial charge on any atom is 0.123 e. The molecule has 0 unspecified atom stereocenters. The summed E-state index contributed by atoms with van der Waals surface area (Å²) in [5, 5.41) is 9.75. The fourth-order valence-electron chi connectivity index (χ4n) is 2.89. The van der Waals surface area contributed by atoms with Gasteiger partial charge in [0.25, 0.3) is 0 Å². The standard InChI is InChI=1S/C15H22FNO/c1-11(18)14-9-13(16)7-8-15(14)17(2)10-12-5-3-4-6-12/h7-9,11-12,18H,3-6,10H2,1-2H3/t11-/m1/s1. The molecule has 1 aromatic rings. The van der Waals surface area contributed by atoms with E-state index in [9.17, 15) is 9.50 Å². The van der Waals surface area contributed by atoms with Gasteiger partial charge >= 0.3 is 0 Å². The maximum atomic E-state index is 13.2. The van der Waals surface area contributed by atoms with Gasteiger partial charge in [-0.25, -0.2) is 4.39 Å². The van der Waals surface area contributed by atoms with Crippen molar-refractivity contribution in [2.45, 2.75) is 38.7 Å². The molecular formula is C15H22FNO. The highest BCUT2D eigenvalue weighted by Gasteiger charge is 2.19. The van der Waals surface area contributed by atoms with Crippen LogP contribution in [0.4, 0.5) is 10.1 Å². The van der Waals surface area contributed by atoms with Crippen molar-refractivity contribution in [2.75, 3.05) is 18.5 Å². The lowest BCUT2D eigenvalue weighted by atomic mass is 10.0. The van der Waals surface area contributed by atoms with Crippen LogP contribution in [0.2, 0.25) is 0 Å². The normalized spacial score (nSPS) is 18.0. The van der Waals surface area contributed by atoms with Crippen molar-refractivity contribution in [1.82, 2.24) is 0 Å². The molecule has 0 aliphatic heterocycles. The second-order valence-electron chi connectivity index (χ2n) is 5.41. The first-order chi connectivity index (χ1) is 8.58. The Hall–Kier alpha value is -1.09. The van der Waals surface area contributed by atoms with Crippen molar-refractivity contribution in [2.24, 2.45) is 5.92 Å². The smallest absolute Gasteiger partial charge is 0.123 e. The topological polar surface area (TPSA) is 23.5 Å². The molecule has 3 heteroatoms. The Morgan fingerprint density at radius 2 is 2.06 bits per heavy atom. The average molecular weight is 251 g/mol. The van der Waals surface area contributed by atoms with Gasteiger partial charge in [0.15, 0.2) is 0 Å². The molecule has 1 aromatic carbocycles. The minimum atomic E-state index is -0.637. The summed E-state index contributed by atoms with van der Waals surface area (Å²) in [6, 6.07) is 4.67. The van der Waals surface area contributed by atoms with E-state index in [1.165, 1.54) is 37.8 Å². The van der Waals surface area contributed by atoms with Crippen LogP contribution >= 0.6 is 0 Å². The van der Waals surface area contributed by atoms with Crippen molar-refractivity contribution in [3.63, 3.8) is 0 Å². The molecule has 0 spiro atoms. The first-order valence-electron chi connectivity index (χ1n) is 6.76. The van der Waals surface area contributed by atoms with Crippen LogP contribution < -0.4 is 4.90 Å². The van der Waals surface area contributed by atoms with Crippen molar-refractivity contribution in [3.05, 3.63) is 29.6 Å². The second-order valence-corrected chi connectivity index (χ2v) is 5.41. The molecule has 0 bridgehead atoms. The van der Waals surface area contributed by atoms with E-state index in [-0.39, 0.29) is 5.82 Å². The van der Waals surface area contributed by atoms with Gasteiger partial charge in [0.1, 0.15) is 5.82 Å². The van der Waals surface area contributed by atoms with Gasteiger partial charge in [-0.15, -0.1) is 0 Å². The van der Waals surface area contributed by atoms with E-state index in [0.717, 1.165) is 18.2 Å². The summed E-state index contributed by atoms with van der Waals surface area (Å²) in [5.74, 6) is 0.450.